The summed E-state index contributed by atoms with van der Waals surface area (Å²) in [6, 6.07) is 17.3. The maximum absolute atomic E-state index is 13.8. The van der Waals surface area contributed by atoms with E-state index in [1.165, 1.54) is 36.4 Å². The highest BCUT2D eigenvalue weighted by Gasteiger charge is 2.34. The lowest BCUT2D eigenvalue weighted by Gasteiger charge is -2.22. The zero-order valence-corrected chi connectivity index (χ0v) is 17.7. The molecule has 31 heavy (non-hydrogen) atoms. The van der Waals surface area contributed by atoms with E-state index in [0.29, 0.717) is 29.7 Å². The summed E-state index contributed by atoms with van der Waals surface area (Å²) in [5.41, 5.74) is 1.13. The molecule has 0 atom stereocenters. The van der Waals surface area contributed by atoms with Crippen LogP contribution in [0.15, 0.2) is 92.0 Å². The van der Waals surface area contributed by atoms with Gasteiger partial charge in [-0.3, -0.25) is 0 Å². The number of benzene rings is 3. The molecule has 3 rings (SSSR count). The zero-order valence-electron chi connectivity index (χ0n) is 16.8. The van der Waals surface area contributed by atoms with Crippen molar-refractivity contribution in [3.63, 3.8) is 0 Å². The molecule has 0 bridgehead atoms. The van der Waals surface area contributed by atoms with Gasteiger partial charge in [0.2, 0.25) is 0 Å². The number of aromatic hydroxyl groups is 2. The largest absolute Gasteiger partial charge is 0.647 e. The number of phosphoric ester groups is 1. The van der Waals surface area contributed by atoms with E-state index in [1.54, 1.807) is 42.5 Å². The first-order valence-corrected chi connectivity index (χ1v) is 11.0. The summed E-state index contributed by atoms with van der Waals surface area (Å²) in [6.45, 7) is 7.39. The molecular weight excluding hydrogens is 415 g/mol. The van der Waals surface area contributed by atoms with E-state index < -0.39 is 7.82 Å². The molecule has 6 nitrogen and oxygen atoms in total. The molecule has 2 N–H and O–H groups in total. The van der Waals surface area contributed by atoms with Crippen molar-refractivity contribution < 1.29 is 28.3 Å². The Bertz CT molecular complexity index is 1040. The molecular formula is C24H23O6P. The first kappa shape index (κ1) is 22.1. The number of allylic oxidation sites excluding steroid dienone is 2. The Labute approximate surface area is 181 Å². The van der Waals surface area contributed by atoms with E-state index in [2.05, 4.69) is 13.2 Å². The van der Waals surface area contributed by atoms with Crippen LogP contribution in [-0.2, 0) is 17.4 Å². The molecule has 3 aromatic rings. The van der Waals surface area contributed by atoms with Crippen molar-refractivity contribution in [3.05, 3.63) is 103 Å². The Balaban J connectivity index is 2.01. The topological polar surface area (TPSA) is 85.2 Å². The van der Waals surface area contributed by atoms with Crippen LogP contribution in [0.1, 0.15) is 11.1 Å². The molecule has 0 unspecified atom stereocenters. The van der Waals surface area contributed by atoms with Crippen LogP contribution in [0.25, 0.3) is 0 Å². The summed E-state index contributed by atoms with van der Waals surface area (Å²) in [5.74, 6) is 0.812. The molecule has 0 aliphatic rings. The molecule has 0 radical (unpaired) electrons. The molecule has 0 amide bonds. The molecule has 7 heteroatoms. The molecule has 0 fully saturated rings. The number of hydrogen-bond donors (Lipinski definition) is 2. The summed E-state index contributed by atoms with van der Waals surface area (Å²) in [4.78, 5) is 0. The maximum atomic E-state index is 13.8. The lowest BCUT2D eigenvalue weighted by Crippen LogP contribution is -2.09. The summed E-state index contributed by atoms with van der Waals surface area (Å²) < 4.78 is 31.0. The minimum absolute atomic E-state index is 0.0377. The SMILES string of the molecule is C=CCc1cc(O)ccc1OP(=O)(Oc1ccccc1)Oc1ccc(O)cc1CC=C. The zero-order chi connectivity index (χ0) is 22.3. The van der Waals surface area contributed by atoms with Gasteiger partial charge in [0.1, 0.15) is 28.7 Å². The predicted molar refractivity (Wildman–Crippen MR) is 120 cm³/mol. The first-order valence-electron chi connectivity index (χ1n) is 9.52. The third kappa shape index (κ3) is 5.93. The summed E-state index contributed by atoms with van der Waals surface area (Å²) in [5, 5.41) is 19.6. The standard InChI is InChI=1S/C24H23O6P/c1-3-8-18-16-20(25)12-14-23(18)29-31(27,28-22-10-6-5-7-11-22)30-24-15-13-21(26)17-19(24)9-4-2/h3-7,10-17,25-26H,1-2,8-9H2. The molecule has 0 spiro atoms. The van der Waals surface area contributed by atoms with Gasteiger partial charge in [0, 0.05) is 11.1 Å². The van der Waals surface area contributed by atoms with Gasteiger partial charge in [-0.1, -0.05) is 30.4 Å². The molecule has 0 aliphatic heterocycles. The second-order valence-electron chi connectivity index (χ2n) is 6.60. The number of rotatable bonds is 10. The Kier molecular flexibility index (Phi) is 7.06. The van der Waals surface area contributed by atoms with Gasteiger partial charge in [0.15, 0.2) is 0 Å². The number of para-hydroxylation sites is 1. The van der Waals surface area contributed by atoms with E-state index in [1.807, 2.05) is 0 Å². The van der Waals surface area contributed by atoms with Gasteiger partial charge in [-0.05, 0) is 61.4 Å². The Hall–Kier alpha value is -3.63. The summed E-state index contributed by atoms with van der Waals surface area (Å²) in [7, 11) is -4.25. The number of phenolic OH excluding ortho intramolecular Hbond substituents is 2. The Morgan fingerprint density at radius 3 is 1.68 bits per heavy atom. The van der Waals surface area contributed by atoms with E-state index in [-0.39, 0.29) is 23.0 Å². The minimum Gasteiger partial charge on any atom is -0.508 e. The second-order valence-corrected chi connectivity index (χ2v) is 8.05. The first-order chi connectivity index (χ1) is 14.9. The molecule has 3 aromatic carbocycles. The van der Waals surface area contributed by atoms with Crippen LogP contribution in [0.5, 0.6) is 28.7 Å². The molecule has 0 saturated heterocycles. The minimum atomic E-state index is -4.25. The van der Waals surface area contributed by atoms with E-state index in [4.69, 9.17) is 13.6 Å². The Morgan fingerprint density at radius 2 is 1.23 bits per heavy atom. The van der Waals surface area contributed by atoms with Crippen molar-refractivity contribution in [3.8, 4) is 28.7 Å². The van der Waals surface area contributed by atoms with Crippen molar-refractivity contribution in [1.29, 1.82) is 0 Å². The predicted octanol–water partition coefficient (Wildman–Crippen LogP) is 6.20. The normalized spacial score (nSPS) is 10.8. The van der Waals surface area contributed by atoms with E-state index in [0.717, 1.165) is 0 Å². The summed E-state index contributed by atoms with van der Waals surface area (Å²) in [6.07, 6.45) is 4.01. The lowest BCUT2D eigenvalue weighted by molar-refractivity contribution is 0.296. The number of hydrogen-bond acceptors (Lipinski definition) is 6. The van der Waals surface area contributed by atoms with Gasteiger partial charge in [0.05, 0.1) is 0 Å². The molecule has 0 saturated carbocycles. The number of phosphoric acid groups is 1. The highest BCUT2D eigenvalue weighted by molar-refractivity contribution is 7.49. The van der Waals surface area contributed by atoms with Gasteiger partial charge in [0.25, 0.3) is 0 Å². The van der Waals surface area contributed by atoms with Crippen LogP contribution in [0.3, 0.4) is 0 Å². The molecule has 160 valence electrons. The quantitative estimate of drug-likeness (QED) is 0.290. The molecule has 0 aromatic heterocycles. The van der Waals surface area contributed by atoms with Crippen LogP contribution in [-0.4, -0.2) is 10.2 Å². The van der Waals surface area contributed by atoms with Gasteiger partial charge in [-0.2, -0.15) is 4.57 Å². The van der Waals surface area contributed by atoms with Crippen LogP contribution in [0, 0.1) is 0 Å². The van der Waals surface area contributed by atoms with Gasteiger partial charge in [-0.25, -0.2) is 0 Å². The highest BCUT2D eigenvalue weighted by atomic mass is 31.2. The smallest absolute Gasteiger partial charge is 0.508 e. The lowest BCUT2D eigenvalue weighted by atomic mass is 10.1. The highest BCUT2D eigenvalue weighted by Crippen LogP contribution is 2.51. The Morgan fingerprint density at radius 1 is 0.742 bits per heavy atom. The third-order valence-corrected chi connectivity index (χ3v) is 5.47. The van der Waals surface area contributed by atoms with Gasteiger partial charge >= 0.3 is 7.82 Å². The fourth-order valence-corrected chi connectivity index (χ4v) is 4.18. The van der Waals surface area contributed by atoms with Crippen LogP contribution in [0.4, 0.5) is 0 Å². The average molecular weight is 438 g/mol. The van der Waals surface area contributed by atoms with Crippen LogP contribution >= 0.6 is 7.82 Å². The monoisotopic (exact) mass is 438 g/mol. The third-order valence-electron chi connectivity index (χ3n) is 4.20. The van der Waals surface area contributed by atoms with Crippen LogP contribution in [0.2, 0.25) is 0 Å². The van der Waals surface area contributed by atoms with Gasteiger partial charge in [-0.15, -0.1) is 13.2 Å². The van der Waals surface area contributed by atoms with Crippen molar-refractivity contribution in [1.82, 2.24) is 0 Å². The fourth-order valence-electron chi connectivity index (χ4n) is 2.85. The summed E-state index contributed by atoms with van der Waals surface area (Å²) >= 11 is 0. The van der Waals surface area contributed by atoms with Crippen molar-refractivity contribution in [2.24, 2.45) is 0 Å². The fraction of sp³-hybridized carbons (Fsp3) is 0.0833. The second kappa shape index (κ2) is 9.92. The van der Waals surface area contributed by atoms with Gasteiger partial charge < -0.3 is 23.8 Å². The molecule has 0 heterocycles. The van der Waals surface area contributed by atoms with Crippen molar-refractivity contribution >= 4 is 7.82 Å². The number of phenols is 2. The molecule has 0 aliphatic carbocycles. The average Bonchev–Trinajstić information content (AvgIpc) is 2.73. The maximum Gasteiger partial charge on any atom is 0.647 e. The van der Waals surface area contributed by atoms with Crippen LogP contribution < -0.4 is 13.6 Å². The van der Waals surface area contributed by atoms with E-state index >= 15 is 0 Å². The van der Waals surface area contributed by atoms with Crippen molar-refractivity contribution in [2.75, 3.05) is 0 Å². The van der Waals surface area contributed by atoms with E-state index in [9.17, 15) is 14.8 Å². The van der Waals surface area contributed by atoms with Crippen molar-refractivity contribution in [2.45, 2.75) is 12.8 Å².